The Morgan fingerprint density at radius 2 is 1.11 bits per heavy atom. The molecule has 0 aromatic heterocycles. The van der Waals surface area contributed by atoms with Crippen molar-refractivity contribution in [3.63, 3.8) is 0 Å². The quantitative estimate of drug-likeness (QED) is 0.123. The number of hydrogen-bond donors (Lipinski definition) is 0. The van der Waals surface area contributed by atoms with Gasteiger partial charge in [0, 0.05) is 5.75 Å². The molecule has 0 saturated carbocycles. The SMILES string of the molecule is Cc1ccc(S(=O)(=O)OCCOCCSC(c2ccccc2)(c2ccccc2)c2ccccc2)cc1. The first kappa shape index (κ1) is 26.2. The summed E-state index contributed by atoms with van der Waals surface area (Å²) < 4.78 is 35.2. The Morgan fingerprint density at radius 3 is 1.58 bits per heavy atom. The summed E-state index contributed by atoms with van der Waals surface area (Å²) in [4.78, 5) is 0.155. The molecule has 0 bridgehead atoms. The van der Waals surface area contributed by atoms with Crippen LogP contribution in [-0.2, 0) is 23.8 Å². The van der Waals surface area contributed by atoms with Crippen LogP contribution < -0.4 is 0 Å². The highest BCUT2D eigenvalue weighted by Crippen LogP contribution is 2.48. The minimum absolute atomic E-state index is 0.0257. The Labute approximate surface area is 218 Å². The highest BCUT2D eigenvalue weighted by Gasteiger charge is 2.36. The molecule has 0 aliphatic carbocycles. The zero-order valence-corrected chi connectivity index (χ0v) is 21.9. The van der Waals surface area contributed by atoms with Crippen molar-refractivity contribution in [3.05, 3.63) is 138 Å². The Hall–Kier alpha value is -2.90. The van der Waals surface area contributed by atoms with E-state index in [0.29, 0.717) is 12.4 Å². The number of benzene rings is 4. The van der Waals surface area contributed by atoms with Crippen LogP contribution in [0.1, 0.15) is 22.3 Å². The first-order chi connectivity index (χ1) is 17.5. The van der Waals surface area contributed by atoms with Gasteiger partial charge in [-0.1, -0.05) is 109 Å². The largest absolute Gasteiger partial charge is 0.378 e. The molecule has 0 atom stereocenters. The molecule has 6 heteroatoms. The summed E-state index contributed by atoms with van der Waals surface area (Å²) in [5.41, 5.74) is 4.58. The van der Waals surface area contributed by atoms with E-state index in [1.165, 1.54) is 16.7 Å². The van der Waals surface area contributed by atoms with Gasteiger partial charge in [-0.3, -0.25) is 4.18 Å². The van der Waals surface area contributed by atoms with Gasteiger partial charge in [0.2, 0.25) is 0 Å². The third-order valence-electron chi connectivity index (χ3n) is 5.86. The third-order valence-corrected chi connectivity index (χ3v) is 8.70. The summed E-state index contributed by atoms with van der Waals surface area (Å²) in [6, 6.07) is 38.1. The summed E-state index contributed by atoms with van der Waals surface area (Å²) in [6.07, 6.45) is 0. The Bertz CT molecular complexity index is 1210. The first-order valence-electron chi connectivity index (χ1n) is 11.9. The Kier molecular flexibility index (Phi) is 8.99. The number of aryl methyl sites for hydroxylation is 1. The highest BCUT2D eigenvalue weighted by molar-refractivity contribution is 8.00. The smallest absolute Gasteiger partial charge is 0.297 e. The van der Waals surface area contributed by atoms with Gasteiger partial charge >= 0.3 is 0 Å². The second kappa shape index (κ2) is 12.4. The maximum absolute atomic E-state index is 12.4. The molecule has 4 aromatic rings. The van der Waals surface area contributed by atoms with Crippen molar-refractivity contribution >= 4 is 21.9 Å². The summed E-state index contributed by atoms with van der Waals surface area (Å²) in [5.74, 6) is 0.712. The molecule has 186 valence electrons. The number of hydrogen-bond acceptors (Lipinski definition) is 5. The van der Waals surface area contributed by atoms with E-state index in [2.05, 4.69) is 72.8 Å². The Balaban J connectivity index is 1.42. The molecule has 0 unspecified atom stereocenters. The lowest BCUT2D eigenvalue weighted by atomic mass is 9.84. The van der Waals surface area contributed by atoms with Crippen molar-refractivity contribution in [2.45, 2.75) is 16.6 Å². The van der Waals surface area contributed by atoms with Crippen molar-refractivity contribution in [2.24, 2.45) is 0 Å². The van der Waals surface area contributed by atoms with E-state index in [0.717, 1.165) is 5.56 Å². The fraction of sp³-hybridized carbons (Fsp3) is 0.200. The molecule has 0 saturated heterocycles. The third kappa shape index (κ3) is 6.26. The molecule has 4 aromatic carbocycles. The molecule has 0 aliphatic heterocycles. The van der Waals surface area contributed by atoms with Crippen LogP contribution in [0.15, 0.2) is 120 Å². The molecular formula is C30H30O4S2. The number of thioether (sulfide) groups is 1. The average Bonchev–Trinajstić information content (AvgIpc) is 2.92. The fourth-order valence-corrected chi connectivity index (χ4v) is 6.41. The molecule has 36 heavy (non-hydrogen) atoms. The van der Waals surface area contributed by atoms with Crippen molar-refractivity contribution in [1.29, 1.82) is 0 Å². The van der Waals surface area contributed by atoms with Crippen molar-refractivity contribution < 1.29 is 17.3 Å². The normalized spacial score (nSPS) is 11.9. The molecule has 0 fully saturated rings. The van der Waals surface area contributed by atoms with Crippen LogP contribution in [0.3, 0.4) is 0 Å². The highest BCUT2D eigenvalue weighted by atomic mass is 32.2. The minimum Gasteiger partial charge on any atom is -0.378 e. The van der Waals surface area contributed by atoms with Gasteiger partial charge in [0.1, 0.15) is 0 Å². The van der Waals surface area contributed by atoms with E-state index in [-0.39, 0.29) is 18.1 Å². The van der Waals surface area contributed by atoms with Crippen LogP contribution in [0.2, 0.25) is 0 Å². The first-order valence-corrected chi connectivity index (χ1v) is 14.3. The van der Waals surface area contributed by atoms with Gasteiger partial charge in [-0.05, 0) is 35.7 Å². The monoisotopic (exact) mass is 518 g/mol. The lowest BCUT2D eigenvalue weighted by Crippen LogP contribution is -2.26. The second-order valence-corrected chi connectivity index (χ2v) is 11.3. The maximum atomic E-state index is 12.4. The zero-order valence-electron chi connectivity index (χ0n) is 20.2. The lowest BCUT2D eigenvalue weighted by molar-refractivity contribution is 0.114. The minimum atomic E-state index is -3.79. The molecule has 0 N–H and O–H groups in total. The van der Waals surface area contributed by atoms with Crippen LogP contribution in [0.5, 0.6) is 0 Å². The molecule has 0 amide bonds. The van der Waals surface area contributed by atoms with Gasteiger partial charge < -0.3 is 4.74 Å². The van der Waals surface area contributed by atoms with Crippen LogP contribution in [0, 0.1) is 6.92 Å². The van der Waals surface area contributed by atoms with E-state index in [1.54, 1.807) is 36.0 Å². The zero-order chi connectivity index (χ0) is 25.3. The van der Waals surface area contributed by atoms with Gasteiger partial charge in [-0.15, -0.1) is 11.8 Å². The summed E-state index contributed by atoms with van der Waals surface area (Å²) in [7, 11) is -3.79. The van der Waals surface area contributed by atoms with E-state index >= 15 is 0 Å². The molecule has 0 aliphatic rings. The van der Waals surface area contributed by atoms with E-state index < -0.39 is 14.9 Å². The summed E-state index contributed by atoms with van der Waals surface area (Å²) in [6.45, 7) is 2.54. The number of rotatable bonds is 12. The van der Waals surface area contributed by atoms with Gasteiger partial charge in [0.25, 0.3) is 10.1 Å². The molecule has 4 rings (SSSR count). The predicted octanol–water partition coefficient (Wildman–Crippen LogP) is 6.44. The standard InChI is InChI=1S/C30H30O4S2/c1-25-17-19-29(20-18-25)36(31,32)34-22-21-33-23-24-35-30(26-11-5-2-6-12-26,27-13-7-3-8-14-27)28-15-9-4-10-16-28/h2-20H,21-24H2,1H3. The summed E-state index contributed by atoms with van der Waals surface area (Å²) in [5, 5.41) is 0. The predicted molar refractivity (Wildman–Crippen MR) is 147 cm³/mol. The molecule has 0 heterocycles. The van der Waals surface area contributed by atoms with Crippen LogP contribution in [-0.4, -0.2) is 34.0 Å². The van der Waals surface area contributed by atoms with Gasteiger partial charge in [0.15, 0.2) is 0 Å². The van der Waals surface area contributed by atoms with Gasteiger partial charge in [0.05, 0.1) is 29.5 Å². The second-order valence-electron chi connectivity index (χ2n) is 8.33. The summed E-state index contributed by atoms with van der Waals surface area (Å²) >= 11 is 1.81. The average molecular weight is 519 g/mol. The fourth-order valence-electron chi connectivity index (χ4n) is 4.10. The van der Waals surface area contributed by atoms with Crippen LogP contribution >= 0.6 is 11.8 Å². The van der Waals surface area contributed by atoms with E-state index in [1.807, 2.05) is 25.1 Å². The molecule has 0 radical (unpaired) electrons. The van der Waals surface area contributed by atoms with Crippen molar-refractivity contribution in [1.82, 2.24) is 0 Å². The Morgan fingerprint density at radius 1 is 0.639 bits per heavy atom. The number of ether oxygens (including phenoxy) is 1. The van der Waals surface area contributed by atoms with Crippen molar-refractivity contribution in [3.8, 4) is 0 Å². The topological polar surface area (TPSA) is 52.6 Å². The molecule has 0 spiro atoms. The van der Waals surface area contributed by atoms with Crippen LogP contribution in [0.4, 0.5) is 0 Å². The van der Waals surface area contributed by atoms with Gasteiger partial charge in [-0.2, -0.15) is 8.42 Å². The molecular weight excluding hydrogens is 488 g/mol. The van der Waals surface area contributed by atoms with Crippen LogP contribution in [0.25, 0.3) is 0 Å². The molecule has 4 nitrogen and oxygen atoms in total. The van der Waals surface area contributed by atoms with Gasteiger partial charge in [-0.25, -0.2) is 0 Å². The maximum Gasteiger partial charge on any atom is 0.297 e. The lowest BCUT2D eigenvalue weighted by Gasteiger charge is -2.35. The van der Waals surface area contributed by atoms with E-state index in [4.69, 9.17) is 8.92 Å². The van der Waals surface area contributed by atoms with Crippen molar-refractivity contribution in [2.75, 3.05) is 25.6 Å². The van der Waals surface area contributed by atoms with E-state index in [9.17, 15) is 8.42 Å².